The van der Waals surface area contributed by atoms with Crippen molar-refractivity contribution in [2.45, 2.75) is 106 Å². The van der Waals surface area contributed by atoms with Crippen molar-refractivity contribution in [1.29, 1.82) is 0 Å². The van der Waals surface area contributed by atoms with E-state index in [0.29, 0.717) is 23.5 Å². The maximum absolute atomic E-state index is 13.2. The fourth-order valence-electron chi connectivity index (χ4n) is 5.82. The molecule has 0 radical (unpaired) electrons. The lowest BCUT2D eigenvalue weighted by molar-refractivity contribution is -0.145. The van der Waals surface area contributed by atoms with Gasteiger partial charge < -0.3 is 29.7 Å². The summed E-state index contributed by atoms with van der Waals surface area (Å²) >= 11 is 1.36. The number of nitrogens with zero attached hydrogens (tertiary/aromatic N) is 1. The van der Waals surface area contributed by atoms with E-state index < -0.39 is 36.5 Å². The van der Waals surface area contributed by atoms with Gasteiger partial charge in [0.15, 0.2) is 12.2 Å². The maximum atomic E-state index is 13.2. The van der Waals surface area contributed by atoms with Crippen LogP contribution in [-0.2, 0) is 19.0 Å². The van der Waals surface area contributed by atoms with Crippen LogP contribution in [0.3, 0.4) is 0 Å². The number of hydrogen-bond acceptors (Lipinski definition) is 9. The molecule has 0 aliphatic carbocycles. The summed E-state index contributed by atoms with van der Waals surface area (Å²) < 4.78 is 17.5. The second kappa shape index (κ2) is 21.7. The van der Waals surface area contributed by atoms with Gasteiger partial charge in [-0.15, -0.1) is 11.3 Å². The Hall–Kier alpha value is -3.57. The number of carbonyl (C=O) groups excluding carboxylic acids is 2. The normalized spacial score (nSPS) is 33.0. The molecule has 2 heterocycles. The predicted octanol–water partition coefficient (Wildman–Crippen LogP) is 8.67. The van der Waals surface area contributed by atoms with Gasteiger partial charge in [-0.05, 0) is 52.0 Å². The number of methoxy groups -OCH3 is 1. The molecule has 3 N–H and O–H groups in total. The van der Waals surface area contributed by atoms with Crippen molar-refractivity contribution >= 4 is 23.4 Å². The van der Waals surface area contributed by atoms with Crippen molar-refractivity contribution in [1.82, 2.24) is 10.3 Å². The van der Waals surface area contributed by atoms with Gasteiger partial charge in [-0.2, -0.15) is 0 Å². The molecule has 9 nitrogen and oxygen atoms in total. The summed E-state index contributed by atoms with van der Waals surface area (Å²) in [6.07, 6.45) is 15.9. The van der Waals surface area contributed by atoms with Gasteiger partial charge in [-0.1, -0.05) is 106 Å². The van der Waals surface area contributed by atoms with E-state index in [2.05, 4.69) is 5.32 Å². The Labute approximate surface area is 309 Å². The van der Waals surface area contributed by atoms with Crippen molar-refractivity contribution in [3.05, 3.63) is 99.1 Å². The highest BCUT2D eigenvalue weighted by molar-refractivity contribution is 7.09. The average molecular weight is 725 g/mol. The number of hydrogen-bond donors (Lipinski definition) is 3. The lowest BCUT2D eigenvalue weighted by Crippen LogP contribution is -2.30. The number of aromatic nitrogens is 1. The SMILES string of the molecule is CNC(=O)OC(CC(C)C)c1nc(C2OC(=O)/C=C/C/C(C)=C/C(O)C(C)/C=C(C)/C=C(C)\C=C\C(O)C(C)C(OC)/C(C)=C/C=C/C2C)cs1. The second-order valence-corrected chi connectivity index (χ2v) is 14.9. The van der Waals surface area contributed by atoms with Crippen LogP contribution in [0.1, 0.15) is 98.1 Å². The number of amides is 1. The molecule has 8 atom stereocenters. The largest absolute Gasteiger partial charge is 0.452 e. The molecular formula is C41H60N2O7S. The predicted molar refractivity (Wildman–Crippen MR) is 206 cm³/mol. The van der Waals surface area contributed by atoms with Crippen LogP contribution in [0.25, 0.3) is 0 Å². The van der Waals surface area contributed by atoms with E-state index in [1.807, 2.05) is 104 Å². The molecular weight excluding hydrogens is 665 g/mol. The molecule has 0 saturated carbocycles. The molecule has 8 unspecified atom stereocenters. The third-order valence-corrected chi connectivity index (χ3v) is 9.64. The van der Waals surface area contributed by atoms with Crippen molar-refractivity contribution < 1.29 is 34.0 Å². The quantitative estimate of drug-likeness (QED) is 0.197. The number of aliphatic hydroxyl groups is 2. The molecule has 1 aromatic heterocycles. The minimum Gasteiger partial charge on any atom is -0.452 e. The molecule has 0 saturated heterocycles. The van der Waals surface area contributed by atoms with Crippen LogP contribution >= 0.6 is 11.3 Å². The number of rotatable bonds is 6. The van der Waals surface area contributed by atoms with Crippen molar-refractivity contribution in [2.75, 3.05) is 14.2 Å². The highest BCUT2D eigenvalue weighted by atomic mass is 32.1. The van der Waals surface area contributed by atoms with E-state index in [9.17, 15) is 19.8 Å². The Bertz CT molecular complexity index is 1500. The molecule has 10 heteroatoms. The van der Waals surface area contributed by atoms with Gasteiger partial charge in [0.05, 0.1) is 24.0 Å². The fraction of sp³-hybridized carbons (Fsp3) is 0.537. The summed E-state index contributed by atoms with van der Waals surface area (Å²) in [7, 11) is 3.14. The van der Waals surface area contributed by atoms with E-state index in [0.717, 1.165) is 22.3 Å². The molecule has 0 spiro atoms. The van der Waals surface area contributed by atoms with E-state index in [4.69, 9.17) is 19.2 Å². The van der Waals surface area contributed by atoms with Crippen LogP contribution in [0.5, 0.6) is 0 Å². The maximum Gasteiger partial charge on any atom is 0.407 e. The first-order valence-corrected chi connectivity index (χ1v) is 18.6. The molecule has 1 aliphatic heterocycles. The number of aliphatic hydroxyl groups excluding tert-OH is 2. The van der Waals surface area contributed by atoms with Gasteiger partial charge in [0.25, 0.3) is 0 Å². The minimum atomic E-state index is -0.754. The highest BCUT2D eigenvalue weighted by Gasteiger charge is 2.28. The molecule has 282 valence electrons. The molecule has 0 fully saturated rings. The zero-order chi connectivity index (χ0) is 38.2. The number of alkyl carbamates (subject to hydrolysis) is 1. The Kier molecular flexibility index (Phi) is 18.6. The van der Waals surface area contributed by atoms with E-state index >= 15 is 0 Å². The fourth-order valence-corrected chi connectivity index (χ4v) is 6.70. The summed E-state index contributed by atoms with van der Waals surface area (Å²) in [5.74, 6) is -0.937. The minimum absolute atomic E-state index is 0.143. The van der Waals surface area contributed by atoms with E-state index in [1.54, 1.807) is 25.3 Å². The van der Waals surface area contributed by atoms with Gasteiger partial charge in [0, 0.05) is 43.4 Å². The van der Waals surface area contributed by atoms with Crippen LogP contribution in [0.4, 0.5) is 4.79 Å². The summed E-state index contributed by atoms with van der Waals surface area (Å²) in [6, 6.07) is 0. The van der Waals surface area contributed by atoms with E-state index in [1.165, 1.54) is 24.5 Å². The zero-order valence-corrected chi connectivity index (χ0v) is 33.1. The molecule has 1 aliphatic rings. The number of carbonyl (C=O) groups is 2. The number of esters is 1. The first kappa shape index (κ1) is 43.6. The molecule has 1 amide bonds. The Morgan fingerprint density at radius 3 is 2.39 bits per heavy atom. The summed E-state index contributed by atoms with van der Waals surface area (Å²) in [4.78, 5) is 30.2. The first-order valence-electron chi connectivity index (χ1n) is 17.7. The standard InChI is InChI=1S/C41H60N2O7S/c1-25(2)20-36(49-41(47)42-10)40-43-33(24-51-40)39-30(7)16-13-15-29(6)38(48-11)32(9)34(44)19-18-27(4)21-28(5)22-31(8)35(45)23-26(3)14-12-17-37(46)50-39/h12-13,15-19,21-25,30-32,34-36,38-39,44-45H,14,20H2,1-11H3,(H,42,47)/b16-13+,17-12+,19-18+,26-23+,27-21-,28-22+,29-15+. The second-order valence-electron chi connectivity index (χ2n) is 14.0. The first-order chi connectivity index (χ1) is 24.1. The van der Waals surface area contributed by atoms with Crippen LogP contribution in [0.2, 0.25) is 0 Å². The van der Waals surface area contributed by atoms with Gasteiger partial charge in [-0.25, -0.2) is 14.6 Å². The van der Waals surface area contributed by atoms with Crippen molar-refractivity contribution in [3.63, 3.8) is 0 Å². The van der Waals surface area contributed by atoms with Gasteiger partial charge in [-0.3, -0.25) is 0 Å². The van der Waals surface area contributed by atoms with Crippen LogP contribution in [0, 0.1) is 23.7 Å². The molecule has 0 bridgehead atoms. The van der Waals surface area contributed by atoms with Gasteiger partial charge >= 0.3 is 12.1 Å². The molecule has 1 aromatic rings. The highest BCUT2D eigenvalue weighted by Crippen LogP contribution is 2.34. The summed E-state index contributed by atoms with van der Waals surface area (Å²) in [5, 5.41) is 26.9. The topological polar surface area (TPSA) is 127 Å². The number of ether oxygens (including phenoxy) is 3. The van der Waals surface area contributed by atoms with Crippen molar-refractivity contribution in [3.8, 4) is 0 Å². The zero-order valence-electron chi connectivity index (χ0n) is 32.3. The molecule has 51 heavy (non-hydrogen) atoms. The Morgan fingerprint density at radius 1 is 1.04 bits per heavy atom. The van der Waals surface area contributed by atoms with Crippen LogP contribution in [0.15, 0.2) is 88.4 Å². The van der Waals surface area contributed by atoms with Crippen LogP contribution in [-0.4, -0.2) is 59.7 Å². The van der Waals surface area contributed by atoms with Crippen LogP contribution < -0.4 is 5.32 Å². The van der Waals surface area contributed by atoms with Crippen molar-refractivity contribution in [2.24, 2.45) is 23.7 Å². The summed E-state index contributed by atoms with van der Waals surface area (Å²) in [5.41, 5.74) is 4.37. The summed E-state index contributed by atoms with van der Waals surface area (Å²) in [6.45, 7) is 17.8. The smallest absolute Gasteiger partial charge is 0.407 e. The third kappa shape index (κ3) is 14.9. The molecule has 2 rings (SSSR count). The Morgan fingerprint density at radius 2 is 1.75 bits per heavy atom. The van der Waals surface area contributed by atoms with E-state index in [-0.39, 0.29) is 29.8 Å². The number of nitrogens with one attached hydrogen (secondary N) is 1. The lowest BCUT2D eigenvalue weighted by Gasteiger charge is -2.26. The lowest BCUT2D eigenvalue weighted by atomic mass is 9.91. The monoisotopic (exact) mass is 724 g/mol. The Balaban J connectivity index is 2.55. The third-order valence-electron chi connectivity index (χ3n) is 8.68. The van der Waals surface area contributed by atoms with Gasteiger partial charge in [0.2, 0.25) is 0 Å². The molecule has 0 aromatic carbocycles. The number of allylic oxidation sites excluding steroid dienone is 8. The number of thiazole rings is 1. The number of cyclic esters (lactones) is 1. The average Bonchev–Trinajstić information content (AvgIpc) is 3.55. The van der Waals surface area contributed by atoms with Gasteiger partial charge in [0.1, 0.15) is 5.01 Å².